The normalized spacial score (nSPS) is 13.0. The van der Waals surface area contributed by atoms with Gasteiger partial charge < -0.3 is 5.32 Å². The van der Waals surface area contributed by atoms with Crippen molar-refractivity contribution >= 4 is 27.7 Å². The molecule has 4 heteroatoms. The minimum Gasteiger partial charge on any atom is -0.313 e. The van der Waals surface area contributed by atoms with E-state index in [-0.39, 0.29) is 0 Å². The lowest BCUT2D eigenvalue weighted by molar-refractivity contribution is 0.488. The second-order valence-corrected chi connectivity index (χ2v) is 6.42. The van der Waals surface area contributed by atoms with Crippen LogP contribution in [0.1, 0.15) is 33.6 Å². The summed E-state index contributed by atoms with van der Waals surface area (Å²) in [5.74, 6) is 0. The highest BCUT2D eigenvalue weighted by atomic mass is 79.9. The topological polar surface area (TPSA) is 24.9 Å². The van der Waals surface area contributed by atoms with E-state index in [4.69, 9.17) is 0 Å². The fraction of sp³-hybridized carbons (Fsp3) is 0.615. The molecular weight excluding hydrogens is 296 g/mol. The molecule has 0 saturated heterocycles. The van der Waals surface area contributed by atoms with Gasteiger partial charge in [-0.1, -0.05) is 20.8 Å². The maximum atomic E-state index is 4.37. The van der Waals surface area contributed by atoms with Crippen LogP contribution in [-0.2, 0) is 0 Å². The summed E-state index contributed by atoms with van der Waals surface area (Å²) in [6.45, 7) is 7.73. The lowest BCUT2D eigenvalue weighted by Crippen LogP contribution is -2.32. The number of thioether (sulfide) groups is 1. The molecule has 0 aromatic carbocycles. The van der Waals surface area contributed by atoms with Crippen LogP contribution in [-0.4, -0.2) is 22.8 Å². The maximum absolute atomic E-state index is 4.37. The molecule has 1 unspecified atom stereocenters. The third-order valence-electron chi connectivity index (χ3n) is 2.72. The number of halogens is 1. The van der Waals surface area contributed by atoms with Crippen LogP contribution in [0.2, 0.25) is 0 Å². The molecule has 1 aromatic heterocycles. The van der Waals surface area contributed by atoms with E-state index in [1.165, 1.54) is 12.8 Å². The van der Waals surface area contributed by atoms with E-state index < -0.39 is 0 Å². The number of hydrogen-bond donors (Lipinski definition) is 1. The maximum Gasteiger partial charge on any atom is 0.110 e. The lowest BCUT2D eigenvalue weighted by atomic mass is 10.2. The zero-order chi connectivity index (χ0) is 12.7. The Hall–Kier alpha value is -0.0600. The van der Waals surface area contributed by atoms with Crippen molar-refractivity contribution in [3.8, 4) is 0 Å². The van der Waals surface area contributed by atoms with E-state index in [9.17, 15) is 0 Å². The zero-order valence-corrected chi connectivity index (χ0v) is 13.1. The summed E-state index contributed by atoms with van der Waals surface area (Å²) in [6.07, 6.45) is 4.23. The Kier molecular flexibility index (Phi) is 7.16. The molecular formula is C13H21BrN2S. The number of nitrogens with one attached hydrogen (secondary N) is 1. The summed E-state index contributed by atoms with van der Waals surface area (Å²) in [7, 11) is 0. The monoisotopic (exact) mass is 316 g/mol. The number of nitrogens with zero attached hydrogens (tertiary/aromatic N) is 1. The lowest BCUT2D eigenvalue weighted by Gasteiger charge is -2.18. The van der Waals surface area contributed by atoms with Crippen molar-refractivity contribution in [2.45, 2.75) is 49.9 Å². The smallest absolute Gasteiger partial charge is 0.110 e. The molecule has 0 amide bonds. The van der Waals surface area contributed by atoms with Crippen LogP contribution in [0.5, 0.6) is 0 Å². The molecule has 0 aliphatic rings. The minimum atomic E-state index is 0.529. The van der Waals surface area contributed by atoms with E-state index in [0.29, 0.717) is 11.3 Å². The Balaban J connectivity index is 2.39. The Morgan fingerprint density at radius 1 is 1.41 bits per heavy atom. The van der Waals surface area contributed by atoms with Crippen molar-refractivity contribution < 1.29 is 0 Å². The number of pyridine rings is 1. The summed E-state index contributed by atoms with van der Waals surface area (Å²) in [5, 5.41) is 5.20. The Morgan fingerprint density at radius 3 is 2.71 bits per heavy atom. The minimum absolute atomic E-state index is 0.529. The van der Waals surface area contributed by atoms with E-state index in [2.05, 4.69) is 47.0 Å². The quantitative estimate of drug-likeness (QED) is 0.766. The summed E-state index contributed by atoms with van der Waals surface area (Å²) in [4.78, 5) is 4.37. The standard InChI is InChI=1S/C13H21BrN2S/c1-4-11(5-2)16-9-10(3)17-13-12(14)7-6-8-15-13/h6-8,10-11,16H,4-5,9H2,1-3H3. The van der Waals surface area contributed by atoms with Crippen LogP contribution in [0.15, 0.2) is 27.8 Å². The van der Waals surface area contributed by atoms with Crippen LogP contribution in [0.4, 0.5) is 0 Å². The van der Waals surface area contributed by atoms with Gasteiger partial charge in [0.1, 0.15) is 5.03 Å². The fourth-order valence-corrected chi connectivity index (χ4v) is 3.00. The first-order valence-electron chi connectivity index (χ1n) is 6.17. The molecule has 0 spiro atoms. The third-order valence-corrected chi connectivity index (χ3v) is 4.74. The molecule has 96 valence electrons. The van der Waals surface area contributed by atoms with Gasteiger partial charge in [-0.3, -0.25) is 0 Å². The number of rotatable bonds is 7. The molecule has 0 fully saturated rings. The number of hydrogen-bond acceptors (Lipinski definition) is 3. The molecule has 0 bridgehead atoms. The van der Waals surface area contributed by atoms with Crippen LogP contribution >= 0.6 is 27.7 Å². The summed E-state index contributed by atoms with van der Waals surface area (Å²) >= 11 is 5.34. The van der Waals surface area contributed by atoms with Crippen LogP contribution in [0.3, 0.4) is 0 Å². The van der Waals surface area contributed by atoms with E-state index in [1.54, 1.807) is 0 Å². The Morgan fingerprint density at radius 2 is 2.12 bits per heavy atom. The van der Waals surface area contributed by atoms with Gasteiger partial charge in [-0.25, -0.2) is 4.98 Å². The average Bonchev–Trinajstić information content (AvgIpc) is 2.33. The molecule has 2 nitrogen and oxygen atoms in total. The highest BCUT2D eigenvalue weighted by molar-refractivity contribution is 9.10. The highest BCUT2D eigenvalue weighted by Crippen LogP contribution is 2.27. The zero-order valence-electron chi connectivity index (χ0n) is 10.7. The van der Waals surface area contributed by atoms with Crippen molar-refractivity contribution in [3.05, 3.63) is 22.8 Å². The van der Waals surface area contributed by atoms with Crippen LogP contribution in [0, 0.1) is 0 Å². The van der Waals surface area contributed by atoms with Gasteiger partial charge in [0.2, 0.25) is 0 Å². The van der Waals surface area contributed by atoms with Gasteiger partial charge in [-0.2, -0.15) is 0 Å². The van der Waals surface area contributed by atoms with E-state index in [1.807, 2.05) is 30.1 Å². The van der Waals surface area contributed by atoms with Crippen molar-refractivity contribution in [1.29, 1.82) is 0 Å². The molecule has 0 aliphatic carbocycles. The fourth-order valence-electron chi connectivity index (χ4n) is 1.60. The highest BCUT2D eigenvalue weighted by Gasteiger charge is 2.10. The first kappa shape index (κ1) is 15.0. The van der Waals surface area contributed by atoms with E-state index >= 15 is 0 Å². The van der Waals surface area contributed by atoms with Crippen molar-refractivity contribution in [3.63, 3.8) is 0 Å². The van der Waals surface area contributed by atoms with Crippen molar-refractivity contribution in [2.24, 2.45) is 0 Å². The molecule has 1 rings (SSSR count). The summed E-state index contributed by atoms with van der Waals surface area (Å²) < 4.78 is 1.08. The van der Waals surface area contributed by atoms with Gasteiger partial charge in [0.25, 0.3) is 0 Å². The van der Waals surface area contributed by atoms with E-state index in [0.717, 1.165) is 16.0 Å². The van der Waals surface area contributed by atoms with Crippen molar-refractivity contribution in [2.75, 3.05) is 6.54 Å². The Labute approximate surface area is 117 Å². The number of aromatic nitrogens is 1. The molecule has 17 heavy (non-hydrogen) atoms. The third kappa shape index (κ3) is 5.40. The first-order valence-corrected chi connectivity index (χ1v) is 7.85. The summed E-state index contributed by atoms with van der Waals surface area (Å²) in [6, 6.07) is 4.63. The molecule has 1 aromatic rings. The largest absolute Gasteiger partial charge is 0.313 e. The SMILES string of the molecule is CCC(CC)NCC(C)Sc1ncccc1Br. The molecule has 0 aliphatic heterocycles. The van der Waals surface area contributed by atoms with Gasteiger partial charge >= 0.3 is 0 Å². The average molecular weight is 317 g/mol. The predicted molar refractivity (Wildman–Crippen MR) is 79.6 cm³/mol. The second-order valence-electron chi connectivity index (χ2n) is 4.14. The van der Waals surface area contributed by atoms with Gasteiger partial charge in [0.15, 0.2) is 0 Å². The molecule has 1 heterocycles. The molecule has 0 radical (unpaired) electrons. The van der Waals surface area contributed by atoms with Gasteiger partial charge in [0.05, 0.1) is 0 Å². The molecule has 1 atom stereocenters. The molecule has 0 saturated carbocycles. The van der Waals surface area contributed by atoms with Crippen molar-refractivity contribution in [1.82, 2.24) is 10.3 Å². The Bertz CT molecular complexity index is 329. The molecule has 1 N–H and O–H groups in total. The van der Waals surface area contributed by atoms with Gasteiger partial charge in [0, 0.05) is 28.5 Å². The first-order chi connectivity index (χ1) is 8.17. The summed E-state index contributed by atoms with van der Waals surface area (Å²) in [5.41, 5.74) is 0. The van der Waals surface area contributed by atoms with Crippen LogP contribution in [0.25, 0.3) is 0 Å². The van der Waals surface area contributed by atoms with Crippen LogP contribution < -0.4 is 5.32 Å². The van der Waals surface area contributed by atoms with Gasteiger partial charge in [-0.05, 0) is 40.9 Å². The predicted octanol–water partition coefficient (Wildman–Crippen LogP) is 4.10. The van der Waals surface area contributed by atoms with Gasteiger partial charge in [-0.15, -0.1) is 11.8 Å². The second kappa shape index (κ2) is 8.11.